The molecular formula is C13H10ClN3O2S2. The minimum atomic E-state index is -3.72. The van der Waals surface area contributed by atoms with E-state index in [0.717, 1.165) is 22.1 Å². The minimum Gasteiger partial charge on any atom is -0.278 e. The second-order valence-corrected chi connectivity index (χ2v) is 7.81. The average molecular weight is 340 g/mol. The third-order valence-corrected chi connectivity index (χ3v) is 6.14. The third-order valence-electron chi connectivity index (χ3n) is 2.90. The number of benzene rings is 1. The number of aromatic nitrogens is 2. The Kier molecular flexibility index (Phi) is 3.56. The van der Waals surface area contributed by atoms with E-state index in [2.05, 4.69) is 14.7 Å². The lowest BCUT2D eigenvalue weighted by molar-refractivity contribution is 0.602. The molecule has 2 heterocycles. The number of aryl methyl sites for hydroxylation is 1. The van der Waals surface area contributed by atoms with Gasteiger partial charge in [0.1, 0.15) is 0 Å². The van der Waals surface area contributed by atoms with Gasteiger partial charge in [-0.3, -0.25) is 9.71 Å². The molecule has 0 aliphatic carbocycles. The van der Waals surface area contributed by atoms with Crippen LogP contribution in [0.4, 0.5) is 5.69 Å². The summed E-state index contributed by atoms with van der Waals surface area (Å²) in [5, 5.41) is 1.64. The summed E-state index contributed by atoms with van der Waals surface area (Å²) in [6, 6.07) is 7.19. The Bertz CT molecular complexity index is 917. The van der Waals surface area contributed by atoms with Crippen LogP contribution >= 0.6 is 22.9 Å². The molecule has 21 heavy (non-hydrogen) atoms. The normalized spacial score (nSPS) is 11.7. The van der Waals surface area contributed by atoms with Gasteiger partial charge in [0, 0.05) is 17.8 Å². The molecule has 0 bridgehead atoms. The van der Waals surface area contributed by atoms with Crippen LogP contribution < -0.4 is 4.72 Å². The summed E-state index contributed by atoms with van der Waals surface area (Å²) in [5.41, 5.74) is 0.861. The number of thiazole rings is 1. The first kappa shape index (κ1) is 14.2. The van der Waals surface area contributed by atoms with E-state index in [1.807, 2.05) is 12.1 Å². The molecular weight excluding hydrogens is 330 g/mol. The standard InChI is InChI=1S/C13H10ClN3O2S2/c1-8-12(20-13(14)16-8)21(18,19)17-11-4-2-3-9-5-6-15-7-10(9)11/h2-7,17H,1H3. The first-order valence-corrected chi connectivity index (χ1v) is 8.63. The number of hydrogen-bond donors (Lipinski definition) is 1. The van der Waals surface area contributed by atoms with Crippen molar-refractivity contribution >= 4 is 49.4 Å². The predicted octanol–water partition coefficient (Wildman–Crippen LogP) is 3.45. The van der Waals surface area contributed by atoms with Gasteiger partial charge in [0.15, 0.2) is 8.68 Å². The molecule has 5 nitrogen and oxygen atoms in total. The van der Waals surface area contributed by atoms with E-state index in [-0.39, 0.29) is 8.68 Å². The van der Waals surface area contributed by atoms with E-state index in [9.17, 15) is 8.42 Å². The number of nitrogens with zero attached hydrogens (tertiary/aromatic N) is 2. The van der Waals surface area contributed by atoms with Gasteiger partial charge in [0.25, 0.3) is 10.0 Å². The lowest BCUT2D eigenvalue weighted by Crippen LogP contribution is -2.13. The van der Waals surface area contributed by atoms with Crippen LogP contribution in [0.15, 0.2) is 40.9 Å². The molecule has 0 atom stereocenters. The minimum absolute atomic E-state index is 0.119. The fraction of sp³-hybridized carbons (Fsp3) is 0.0769. The van der Waals surface area contributed by atoms with Gasteiger partial charge >= 0.3 is 0 Å². The van der Waals surface area contributed by atoms with Gasteiger partial charge in [-0.05, 0) is 24.4 Å². The molecule has 0 spiro atoms. The number of hydrogen-bond acceptors (Lipinski definition) is 5. The van der Waals surface area contributed by atoms with E-state index in [0.29, 0.717) is 11.4 Å². The van der Waals surface area contributed by atoms with Gasteiger partial charge < -0.3 is 0 Å². The fourth-order valence-electron chi connectivity index (χ4n) is 1.99. The monoisotopic (exact) mass is 339 g/mol. The van der Waals surface area contributed by atoms with Crippen molar-refractivity contribution in [3.63, 3.8) is 0 Å². The van der Waals surface area contributed by atoms with E-state index >= 15 is 0 Å². The van der Waals surface area contributed by atoms with Crippen LogP contribution in [-0.4, -0.2) is 18.4 Å². The van der Waals surface area contributed by atoms with Gasteiger partial charge in [-0.25, -0.2) is 13.4 Å². The molecule has 8 heteroatoms. The molecule has 0 aliphatic rings. The zero-order chi connectivity index (χ0) is 15.0. The summed E-state index contributed by atoms with van der Waals surface area (Å²) < 4.78 is 27.8. The van der Waals surface area contributed by atoms with Crippen molar-refractivity contribution in [3.05, 3.63) is 46.8 Å². The highest BCUT2D eigenvalue weighted by Gasteiger charge is 2.22. The van der Waals surface area contributed by atoms with Crippen molar-refractivity contribution in [2.45, 2.75) is 11.1 Å². The summed E-state index contributed by atoms with van der Waals surface area (Å²) in [4.78, 5) is 7.97. The molecule has 0 saturated carbocycles. The number of sulfonamides is 1. The van der Waals surface area contributed by atoms with Crippen molar-refractivity contribution in [2.24, 2.45) is 0 Å². The third kappa shape index (κ3) is 2.72. The van der Waals surface area contributed by atoms with Crippen LogP contribution in [0.3, 0.4) is 0 Å². The molecule has 0 aliphatic heterocycles. The lowest BCUT2D eigenvalue weighted by Gasteiger charge is -2.09. The maximum atomic E-state index is 12.5. The van der Waals surface area contributed by atoms with Gasteiger partial charge in [-0.2, -0.15) is 0 Å². The van der Waals surface area contributed by atoms with Crippen LogP contribution in [0.1, 0.15) is 5.69 Å². The van der Waals surface area contributed by atoms with Gasteiger partial charge in [-0.15, -0.1) is 0 Å². The zero-order valence-electron chi connectivity index (χ0n) is 10.9. The van der Waals surface area contributed by atoms with E-state index in [4.69, 9.17) is 11.6 Å². The SMILES string of the molecule is Cc1nc(Cl)sc1S(=O)(=O)Nc1cccc2ccncc12. The second kappa shape index (κ2) is 5.25. The van der Waals surface area contributed by atoms with Crippen molar-refractivity contribution < 1.29 is 8.42 Å². The quantitative estimate of drug-likeness (QED) is 0.793. The highest BCUT2D eigenvalue weighted by molar-refractivity contribution is 7.94. The maximum Gasteiger partial charge on any atom is 0.273 e. The maximum absolute atomic E-state index is 12.5. The van der Waals surface area contributed by atoms with E-state index in [1.54, 1.807) is 31.5 Å². The predicted molar refractivity (Wildman–Crippen MR) is 84.4 cm³/mol. The Morgan fingerprint density at radius 3 is 2.81 bits per heavy atom. The number of fused-ring (bicyclic) bond motifs is 1. The number of rotatable bonds is 3. The van der Waals surface area contributed by atoms with Gasteiger partial charge in [0.2, 0.25) is 0 Å². The second-order valence-electron chi connectivity index (χ2n) is 4.35. The highest BCUT2D eigenvalue weighted by Crippen LogP contribution is 2.30. The first-order chi connectivity index (χ1) is 9.97. The van der Waals surface area contributed by atoms with Crippen LogP contribution in [0.2, 0.25) is 4.47 Å². The number of halogens is 1. The molecule has 0 fully saturated rings. The van der Waals surface area contributed by atoms with Gasteiger partial charge in [-0.1, -0.05) is 35.1 Å². The van der Waals surface area contributed by atoms with E-state index < -0.39 is 10.0 Å². The van der Waals surface area contributed by atoms with Crippen LogP contribution in [-0.2, 0) is 10.0 Å². The molecule has 1 aromatic carbocycles. The molecule has 3 rings (SSSR count). The Morgan fingerprint density at radius 2 is 2.10 bits per heavy atom. The zero-order valence-corrected chi connectivity index (χ0v) is 13.3. The van der Waals surface area contributed by atoms with E-state index in [1.165, 1.54) is 0 Å². The van der Waals surface area contributed by atoms with Crippen molar-refractivity contribution in [1.82, 2.24) is 9.97 Å². The molecule has 0 radical (unpaired) electrons. The van der Waals surface area contributed by atoms with Crippen LogP contribution in [0.25, 0.3) is 10.8 Å². The highest BCUT2D eigenvalue weighted by atomic mass is 35.5. The molecule has 0 unspecified atom stereocenters. The van der Waals surface area contributed by atoms with Crippen LogP contribution in [0, 0.1) is 6.92 Å². The average Bonchev–Trinajstić information content (AvgIpc) is 2.79. The van der Waals surface area contributed by atoms with Crippen molar-refractivity contribution in [3.8, 4) is 0 Å². The largest absolute Gasteiger partial charge is 0.278 e. The summed E-state index contributed by atoms with van der Waals surface area (Å²) in [5.74, 6) is 0. The van der Waals surface area contributed by atoms with Gasteiger partial charge in [0.05, 0.1) is 11.4 Å². The number of pyridine rings is 1. The summed E-state index contributed by atoms with van der Waals surface area (Å²) in [7, 11) is -3.72. The Morgan fingerprint density at radius 1 is 1.29 bits per heavy atom. The smallest absolute Gasteiger partial charge is 0.273 e. The summed E-state index contributed by atoms with van der Waals surface area (Å²) in [6.45, 7) is 1.61. The first-order valence-electron chi connectivity index (χ1n) is 5.96. The fourth-order valence-corrected chi connectivity index (χ4v) is 4.81. The van der Waals surface area contributed by atoms with Crippen LogP contribution in [0.5, 0.6) is 0 Å². The lowest BCUT2D eigenvalue weighted by atomic mass is 10.1. The van der Waals surface area contributed by atoms with Crippen molar-refractivity contribution in [2.75, 3.05) is 4.72 Å². The Labute approximate surface area is 130 Å². The summed E-state index contributed by atoms with van der Waals surface area (Å²) >= 11 is 6.71. The molecule has 108 valence electrons. The topological polar surface area (TPSA) is 72.0 Å². The molecule has 0 amide bonds. The number of anilines is 1. The molecule has 0 saturated heterocycles. The summed E-state index contributed by atoms with van der Waals surface area (Å²) in [6.07, 6.45) is 3.29. The number of nitrogens with one attached hydrogen (secondary N) is 1. The van der Waals surface area contributed by atoms with Crippen molar-refractivity contribution in [1.29, 1.82) is 0 Å². The molecule has 3 aromatic rings. The Balaban J connectivity index is 2.08. The molecule has 2 aromatic heterocycles. The molecule has 1 N–H and O–H groups in total. The Hall–Kier alpha value is -1.70.